The summed E-state index contributed by atoms with van der Waals surface area (Å²) in [4.78, 5) is 2.16. The molecule has 2 N–H and O–H groups in total. The molecule has 112 valence electrons. The third-order valence-electron chi connectivity index (χ3n) is 3.51. The molecule has 0 saturated heterocycles. The largest absolute Gasteiger partial charge is 0.326 e. The van der Waals surface area contributed by atoms with E-state index in [1.807, 2.05) is 32.2 Å². The molecule has 0 aliphatic rings. The van der Waals surface area contributed by atoms with Crippen molar-refractivity contribution in [3.05, 3.63) is 69.9 Å². The van der Waals surface area contributed by atoms with E-state index in [1.165, 1.54) is 11.6 Å². The molecule has 0 spiro atoms. The van der Waals surface area contributed by atoms with Gasteiger partial charge in [0.05, 0.1) is 0 Å². The van der Waals surface area contributed by atoms with Crippen molar-refractivity contribution in [3.63, 3.8) is 0 Å². The molecule has 21 heavy (non-hydrogen) atoms. The van der Waals surface area contributed by atoms with Crippen LogP contribution in [-0.4, -0.2) is 18.0 Å². The lowest BCUT2D eigenvalue weighted by molar-refractivity contribution is 0.210. The molecule has 0 heterocycles. The minimum atomic E-state index is -0.227. The van der Waals surface area contributed by atoms with Gasteiger partial charge in [0.1, 0.15) is 5.82 Å². The molecule has 2 aromatic carbocycles. The summed E-state index contributed by atoms with van der Waals surface area (Å²) in [5, 5.41) is 0. The van der Waals surface area contributed by atoms with E-state index >= 15 is 0 Å². The number of nitrogens with zero attached hydrogens (tertiary/aromatic N) is 1. The summed E-state index contributed by atoms with van der Waals surface area (Å²) >= 11 is 3.43. The smallest absolute Gasteiger partial charge is 0.123 e. The lowest BCUT2D eigenvalue weighted by atomic mass is 9.99. The monoisotopic (exact) mass is 350 g/mol. The number of likely N-dealkylation sites (N-methyl/N-ethyl adjacent to an activating group) is 1. The molecule has 2 rings (SSSR count). The van der Waals surface area contributed by atoms with Crippen molar-refractivity contribution in [2.45, 2.75) is 25.6 Å². The van der Waals surface area contributed by atoms with E-state index in [2.05, 4.69) is 33.0 Å². The van der Waals surface area contributed by atoms with E-state index in [4.69, 9.17) is 5.73 Å². The average Bonchev–Trinajstić information content (AvgIpc) is 2.41. The van der Waals surface area contributed by atoms with Crippen LogP contribution in [0.5, 0.6) is 0 Å². The average molecular weight is 351 g/mol. The van der Waals surface area contributed by atoms with Crippen LogP contribution < -0.4 is 5.73 Å². The lowest BCUT2D eigenvalue weighted by Crippen LogP contribution is -2.37. The first-order valence-corrected chi connectivity index (χ1v) is 7.72. The fraction of sp³-hybridized carbons (Fsp3) is 0.294. The van der Waals surface area contributed by atoms with Gasteiger partial charge in [-0.05, 0) is 49.4 Å². The summed E-state index contributed by atoms with van der Waals surface area (Å²) in [7, 11) is 2.01. The van der Waals surface area contributed by atoms with Crippen molar-refractivity contribution in [1.29, 1.82) is 0 Å². The highest BCUT2D eigenvalue weighted by Gasteiger charge is 2.21. The molecule has 2 aromatic rings. The van der Waals surface area contributed by atoms with Crippen molar-refractivity contribution in [3.8, 4) is 0 Å². The van der Waals surface area contributed by atoms with Crippen LogP contribution in [0.1, 0.15) is 24.1 Å². The SMILES string of the molecule is CC(N)C(c1cccc(F)c1)N(C)Cc1ccc(Br)cc1. The normalized spacial score (nSPS) is 14.2. The summed E-state index contributed by atoms with van der Waals surface area (Å²) < 4.78 is 14.5. The van der Waals surface area contributed by atoms with E-state index in [0.717, 1.165) is 16.6 Å². The van der Waals surface area contributed by atoms with Gasteiger partial charge in [-0.25, -0.2) is 4.39 Å². The quantitative estimate of drug-likeness (QED) is 0.879. The van der Waals surface area contributed by atoms with Crippen LogP contribution in [0.25, 0.3) is 0 Å². The van der Waals surface area contributed by atoms with Gasteiger partial charge < -0.3 is 5.73 Å². The molecule has 0 saturated carbocycles. The number of hydrogen-bond donors (Lipinski definition) is 1. The Morgan fingerprint density at radius 3 is 2.43 bits per heavy atom. The van der Waals surface area contributed by atoms with Crippen LogP contribution in [0.3, 0.4) is 0 Å². The number of nitrogens with two attached hydrogens (primary N) is 1. The van der Waals surface area contributed by atoms with Gasteiger partial charge in [-0.15, -0.1) is 0 Å². The van der Waals surface area contributed by atoms with Gasteiger partial charge in [-0.2, -0.15) is 0 Å². The summed E-state index contributed by atoms with van der Waals surface area (Å²) in [6, 6.07) is 14.7. The molecule has 0 aliphatic heterocycles. The first kappa shape index (κ1) is 16.1. The van der Waals surface area contributed by atoms with E-state index in [9.17, 15) is 4.39 Å². The Balaban J connectivity index is 2.19. The van der Waals surface area contributed by atoms with Crippen molar-refractivity contribution in [2.75, 3.05) is 7.05 Å². The Morgan fingerprint density at radius 2 is 1.86 bits per heavy atom. The van der Waals surface area contributed by atoms with Gasteiger partial charge >= 0.3 is 0 Å². The fourth-order valence-corrected chi connectivity index (χ4v) is 2.89. The van der Waals surface area contributed by atoms with Crippen LogP contribution in [-0.2, 0) is 6.54 Å². The maximum absolute atomic E-state index is 13.5. The lowest BCUT2D eigenvalue weighted by Gasteiger charge is -2.31. The molecule has 0 radical (unpaired) electrons. The van der Waals surface area contributed by atoms with Crippen LogP contribution in [0.2, 0.25) is 0 Å². The van der Waals surface area contributed by atoms with Gasteiger partial charge in [-0.1, -0.05) is 40.2 Å². The van der Waals surface area contributed by atoms with Gasteiger partial charge in [0.25, 0.3) is 0 Å². The van der Waals surface area contributed by atoms with Gasteiger partial charge in [-0.3, -0.25) is 4.90 Å². The fourth-order valence-electron chi connectivity index (χ4n) is 2.63. The highest BCUT2D eigenvalue weighted by molar-refractivity contribution is 9.10. The Bertz CT molecular complexity index is 584. The number of rotatable bonds is 5. The van der Waals surface area contributed by atoms with Crippen molar-refractivity contribution in [1.82, 2.24) is 4.90 Å². The topological polar surface area (TPSA) is 29.3 Å². The molecule has 0 bridgehead atoms. The van der Waals surface area contributed by atoms with E-state index in [1.54, 1.807) is 12.1 Å². The Labute approximate surface area is 133 Å². The predicted octanol–water partition coefficient (Wildman–Crippen LogP) is 4.11. The van der Waals surface area contributed by atoms with Gasteiger partial charge in [0.2, 0.25) is 0 Å². The molecule has 4 heteroatoms. The first-order valence-electron chi connectivity index (χ1n) is 6.93. The third-order valence-corrected chi connectivity index (χ3v) is 4.04. The molecular formula is C17H20BrFN2. The predicted molar refractivity (Wildman–Crippen MR) is 88.4 cm³/mol. The van der Waals surface area contributed by atoms with Crippen molar-refractivity contribution in [2.24, 2.45) is 5.73 Å². The molecule has 0 amide bonds. The first-order chi connectivity index (χ1) is 9.97. The van der Waals surface area contributed by atoms with Gasteiger partial charge in [0.15, 0.2) is 0 Å². The van der Waals surface area contributed by atoms with Crippen molar-refractivity contribution < 1.29 is 4.39 Å². The van der Waals surface area contributed by atoms with Crippen LogP contribution in [0.4, 0.5) is 4.39 Å². The minimum Gasteiger partial charge on any atom is -0.326 e. The number of benzene rings is 2. The second-order valence-electron chi connectivity index (χ2n) is 5.40. The number of hydrogen-bond acceptors (Lipinski definition) is 2. The van der Waals surface area contributed by atoms with Crippen LogP contribution in [0, 0.1) is 5.82 Å². The maximum Gasteiger partial charge on any atom is 0.123 e. The molecule has 2 nitrogen and oxygen atoms in total. The highest BCUT2D eigenvalue weighted by Crippen LogP contribution is 2.25. The van der Waals surface area contributed by atoms with E-state index < -0.39 is 0 Å². The molecule has 2 atom stereocenters. The Morgan fingerprint density at radius 1 is 1.19 bits per heavy atom. The Kier molecular flexibility index (Phi) is 5.51. The standard InChI is InChI=1S/C17H20BrFN2/c1-12(20)17(14-4-3-5-16(19)10-14)21(2)11-13-6-8-15(18)9-7-13/h3-10,12,17H,11,20H2,1-2H3. The van der Waals surface area contributed by atoms with E-state index in [0.29, 0.717) is 0 Å². The maximum atomic E-state index is 13.5. The second-order valence-corrected chi connectivity index (χ2v) is 6.32. The molecule has 0 aromatic heterocycles. The van der Waals surface area contributed by atoms with Crippen LogP contribution >= 0.6 is 15.9 Å². The molecule has 0 fully saturated rings. The summed E-state index contributed by atoms with van der Waals surface area (Å²) in [5.41, 5.74) is 8.23. The number of halogens is 2. The molecule has 2 unspecified atom stereocenters. The minimum absolute atomic E-state index is 0.0238. The highest BCUT2D eigenvalue weighted by atomic mass is 79.9. The Hall–Kier alpha value is -1.23. The summed E-state index contributed by atoms with van der Waals surface area (Å²) in [6.45, 7) is 2.71. The zero-order valence-electron chi connectivity index (χ0n) is 12.3. The van der Waals surface area contributed by atoms with Gasteiger partial charge in [0, 0.05) is 23.1 Å². The summed E-state index contributed by atoms with van der Waals surface area (Å²) in [6.07, 6.45) is 0. The van der Waals surface area contributed by atoms with E-state index in [-0.39, 0.29) is 17.9 Å². The summed E-state index contributed by atoms with van der Waals surface area (Å²) in [5.74, 6) is -0.227. The second kappa shape index (κ2) is 7.16. The zero-order chi connectivity index (χ0) is 15.4. The molecule has 0 aliphatic carbocycles. The van der Waals surface area contributed by atoms with Crippen molar-refractivity contribution >= 4 is 15.9 Å². The molecular weight excluding hydrogens is 331 g/mol. The third kappa shape index (κ3) is 4.37. The zero-order valence-corrected chi connectivity index (χ0v) is 13.8. The van der Waals surface area contributed by atoms with Crippen LogP contribution in [0.15, 0.2) is 53.0 Å².